The summed E-state index contributed by atoms with van der Waals surface area (Å²) in [5, 5.41) is 6.44. The van der Waals surface area contributed by atoms with Crippen LogP contribution in [0.25, 0.3) is 0 Å². The zero-order valence-electron chi connectivity index (χ0n) is 18.3. The fourth-order valence-corrected chi connectivity index (χ4v) is 4.83. The molecule has 2 N–H and O–H groups in total. The number of ketones is 1. The minimum atomic E-state index is -0.390. The van der Waals surface area contributed by atoms with E-state index in [9.17, 15) is 9.59 Å². The summed E-state index contributed by atoms with van der Waals surface area (Å²) in [6.07, 6.45) is 1.26. The molecular formula is C26H27BrN2O2. The van der Waals surface area contributed by atoms with Crippen molar-refractivity contribution in [1.29, 1.82) is 0 Å². The van der Waals surface area contributed by atoms with Gasteiger partial charge in [-0.1, -0.05) is 59.6 Å². The van der Waals surface area contributed by atoms with Crippen molar-refractivity contribution in [3.05, 3.63) is 86.7 Å². The van der Waals surface area contributed by atoms with E-state index < -0.39 is 5.92 Å². The molecule has 1 aliphatic carbocycles. The first-order chi connectivity index (χ1) is 14.6. The maximum absolute atomic E-state index is 13.5. The van der Waals surface area contributed by atoms with Gasteiger partial charge in [0.1, 0.15) is 0 Å². The van der Waals surface area contributed by atoms with Crippen molar-refractivity contribution in [2.75, 3.05) is 5.32 Å². The largest absolute Gasteiger partial charge is 0.362 e. The lowest BCUT2D eigenvalue weighted by molar-refractivity contribution is -0.118. The third-order valence-electron chi connectivity index (χ3n) is 6.00. The maximum Gasteiger partial charge on any atom is 0.254 e. The Morgan fingerprint density at radius 3 is 2.32 bits per heavy atom. The van der Waals surface area contributed by atoms with Gasteiger partial charge in [-0.05, 0) is 55.5 Å². The SMILES string of the molecule is CC1=C(C(=O)Nc2ccc(C)cc2)C(c2ccc(Br)cc2)C2=C(CC(C)(C)CC2=O)N1. The third-order valence-corrected chi connectivity index (χ3v) is 6.53. The number of hydrogen-bond donors (Lipinski definition) is 2. The third kappa shape index (κ3) is 4.38. The number of carbonyl (C=O) groups excluding carboxylic acids is 2. The Kier molecular flexibility index (Phi) is 5.65. The standard InChI is InChI=1S/C26H27BrN2O2/c1-15-5-11-19(12-6-15)29-25(31)22-16(2)28-20-13-26(3,4)14-21(30)24(20)23(22)17-7-9-18(27)10-8-17/h5-12,23,28H,13-14H2,1-4H3,(H,29,31). The summed E-state index contributed by atoms with van der Waals surface area (Å²) in [6, 6.07) is 15.6. The molecule has 1 amide bonds. The molecule has 0 spiro atoms. The van der Waals surface area contributed by atoms with Crippen LogP contribution < -0.4 is 10.6 Å². The van der Waals surface area contributed by atoms with Crippen LogP contribution in [0.3, 0.4) is 0 Å². The van der Waals surface area contributed by atoms with Gasteiger partial charge in [-0.15, -0.1) is 0 Å². The number of amides is 1. The lowest BCUT2D eigenvalue weighted by Gasteiger charge is -2.39. The highest BCUT2D eigenvalue weighted by Crippen LogP contribution is 2.46. The van der Waals surface area contributed by atoms with Crippen LogP contribution in [0.15, 0.2) is 75.5 Å². The molecule has 2 aliphatic rings. The molecule has 0 fully saturated rings. The molecule has 4 rings (SSSR count). The highest BCUT2D eigenvalue weighted by molar-refractivity contribution is 9.10. The van der Waals surface area contributed by atoms with Crippen molar-refractivity contribution >= 4 is 33.3 Å². The highest BCUT2D eigenvalue weighted by Gasteiger charge is 2.42. The molecule has 0 aromatic heterocycles. The predicted molar refractivity (Wildman–Crippen MR) is 128 cm³/mol. The van der Waals surface area contributed by atoms with E-state index in [-0.39, 0.29) is 17.1 Å². The highest BCUT2D eigenvalue weighted by atomic mass is 79.9. The van der Waals surface area contributed by atoms with Gasteiger partial charge in [-0.25, -0.2) is 0 Å². The van der Waals surface area contributed by atoms with Gasteiger partial charge in [0.2, 0.25) is 0 Å². The quantitative estimate of drug-likeness (QED) is 0.568. The van der Waals surface area contributed by atoms with Crippen LogP contribution in [0.4, 0.5) is 5.69 Å². The first-order valence-electron chi connectivity index (χ1n) is 10.5. The van der Waals surface area contributed by atoms with Crippen LogP contribution in [-0.2, 0) is 9.59 Å². The van der Waals surface area contributed by atoms with Crippen LogP contribution in [0.2, 0.25) is 0 Å². The second kappa shape index (κ2) is 8.12. The zero-order chi connectivity index (χ0) is 22.3. The van der Waals surface area contributed by atoms with Gasteiger partial charge in [0.25, 0.3) is 5.91 Å². The zero-order valence-corrected chi connectivity index (χ0v) is 19.9. The Bertz CT molecular complexity index is 1110. The molecule has 1 heterocycles. The average molecular weight is 479 g/mol. The molecule has 4 nitrogen and oxygen atoms in total. The molecular weight excluding hydrogens is 452 g/mol. The summed E-state index contributed by atoms with van der Waals surface area (Å²) in [5.41, 5.74) is 5.76. The van der Waals surface area contributed by atoms with E-state index in [0.29, 0.717) is 12.0 Å². The molecule has 2 aromatic carbocycles. The Hall–Kier alpha value is -2.66. The number of hydrogen-bond acceptors (Lipinski definition) is 3. The Balaban J connectivity index is 1.79. The average Bonchev–Trinajstić information content (AvgIpc) is 2.68. The van der Waals surface area contributed by atoms with E-state index in [1.807, 2.05) is 62.4 Å². The molecule has 1 atom stereocenters. The number of dihydropyridines is 1. The van der Waals surface area contributed by atoms with E-state index in [0.717, 1.165) is 44.7 Å². The minimum absolute atomic E-state index is 0.102. The molecule has 5 heteroatoms. The summed E-state index contributed by atoms with van der Waals surface area (Å²) in [4.78, 5) is 26.8. The number of anilines is 1. The smallest absolute Gasteiger partial charge is 0.254 e. The Morgan fingerprint density at radius 2 is 1.68 bits per heavy atom. The summed E-state index contributed by atoms with van der Waals surface area (Å²) in [7, 11) is 0. The summed E-state index contributed by atoms with van der Waals surface area (Å²) < 4.78 is 0.960. The van der Waals surface area contributed by atoms with Crippen LogP contribution in [0, 0.1) is 12.3 Å². The number of Topliss-reactive ketones (excluding diaryl/α,β-unsaturated/α-hetero) is 1. The fourth-order valence-electron chi connectivity index (χ4n) is 4.56. The maximum atomic E-state index is 13.5. The Morgan fingerprint density at radius 1 is 1.03 bits per heavy atom. The second-order valence-electron chi connectivity index (χ2n) is 9.30. The second-order valence-corrected chi connectivity index (χ2v) is 10.2. The topological polar surface area (TPSA) is 58.2 Å². The van der Waals surface area contributed by atoms with E-state index in [2.05, 4.69) is 40.4 Å². The van der Waals surface area contributed by atoms with Gasteiger partial charge >= 0.3 is 0 Å². The van der Waals surface area contributed by atoms with Crippen LogP contribution >= 0.6 is 15.9 Å². The van der Waals surface area contributed by atoms with Crippen molar-refractivity contribution in [3.63, 3.8) is 0 Å². The molecule has 1 aliphatic heterocycles. The van der Waals surface area contributed by atoms with E-state index in [4.69, 9.17) is 0 Å². The van der Waals surface area contributed by atoms with Crippen molar-refractivity contribution < 1.29 is 9.59 Å². The number of rotatable bonds is 3. The minimum Gasteiger partial charge on any atom is -0.362 e. The predicted octanol–water partition coefficient (Wildman–Crippen LogP) is 6.00. The van der Waals surface area contributed by atoms with Crippen molar-refractivity contribution in [3.8, 4) is 0 Å². The van der Waals surface area contributed by atoms with Gasteiger partial charge in [0, 0.05) is 45.0 Å². The molecule has 0 bridgehead atoms. The first kappa shape index (κ1) is 21.6. The number of allylic oxidation sites excluding steroid dienone is 3. The van der Waals surface area contributed by atoms with Crippen LogP contribution in [0.1, 0.15) is 50.7 Å². The summed E-state index contributed by atoms with van der Waals surface area (Å²) in [5.74, 6) is -0.468. The lowest BCUT2D eigenvalue weighted by Crippen LogP contribution is -2.39. The number of nitrogens with one attached hydrogen (secondary N) is 2. The van der Waals surface area contributed by atoms with Gasteiger partial charge in [-0.3, -0.25) is 9.59 Å². The van der Waals surface area contributed by atoms with Gasteiger partial charge in [0.15, 0.2) is 5.78 Å². The lowest BCUT2D eigenvalue weighted by atomic mass is 9.68. The van der Waals surface area contributed by atoms with Crippen molar-refractivity contribution in [2.24, 2.45) is 5.41 Å². The molecule has 0 radical (unpaired) electrons. The van der Waals surface area contributed by atoms with Gasteiger partial charge in [-0.2, -0.15) is 0 Å². The van der Waals surface area contributed by atoms with E-state index >= 15 is 0 Å². The first-order valence-corrected chi connectivity index (χ1v) is 11.3. The summed E-state index contributed by atoms with van der Waals surface area (Å²) in [6.45, 7) is 8.16. The molecule has 0 saturated heterocycles. The van der Waals surface area contributed by atoms with Crippen molar-refractivity contribution in [2.45, 2.75) is 46.5 Å². The number of aryl methyl sites for hydroxylation is 1. The fraction of sp³-hybridized carbons (Fsp3) is 0.308. The normalized spacial score (nSPS) is 20.3. The number of halogens is 1. The molecule has 0 saturated carbocycles. The summed E-state index contributed by atoms with van der Waals surface area (Å²) >= 11 is 3.49. The van der Waals surface area contributed by atoms with Gasteiger partial charge in [0.05, 0.1) is 0 Å². The number of carbonyl (C=O) groups is 2. The molecule has 1 unspecified atom stereocenters. The van der Waals surface area contributed by atoms with Crippen LogP contribution in [0.5, 0.6) is 0 Å². The van der Waals surface area contributed by atoms with Crippen molar-refractivity contribution in [1.82, 2.24) is 5.32 Å². The van der Waals surface area contributed by atoms with Crippen LogP contribution in [-0.4, -0.2) is 11.7 Å². The monoisotopic (exact) mass is 478 g/mol. The van der Waals surface area contributed by atoms with E-state index in [1.54, 1.807) is 0 Å². The molecule has 2 aromatic rings. The Labute approximate surface area is 191 Å². The van der Waals surface area contributed by atoms with E-state index in [1.165, 1.54) is 0 Å². The number of benzene rings is 2. The molecule has 31 heavy (non-hydrogen) atoms. The van der Waals surface area contributed by atoms with Gasteiger partial charge < -0.3 is 10.6 Å². The molecule has 160 valence electrons.